The Bertz CT molecular complexity index is 285. The number of amides is 1. The first-order valence-electron chi connectivity index (χ1n) is 6.56. The van der Waals surface area contributed by atoms with E-state index in [9.17, 15) is 4.79 Å². The molecule has 1 aliphatic carbocycles. The summed E-state index contributed by atoms with van der Waals surface area (Å²) in [5.41, 5.74) is 0. The van der Waals surface area contributed by atoms with Gasteiger partial charge >= 0.3 is 0 Å². The minimum atomic E-state index is -0.0964. The molecule has 2 atom stereocenters. The lowest BCUT2D eigenvalue weighted by Crippen LogP contribution is -2.51. The van der Waals surface area contributed by atoms with E-state index >= 15 is 0 Å². The summed E-state index contributed by atoms with van der Waals surface area (Å²) in [6, 6.07) is 0.268. The van der Waals surface area contributed by atoms with E-state index in [4.69, 9.17) is 4.74 Å². The van der Waals surface area contributed by atoms with E-state index in [1.165, 1.54) is 12.8 Å². The summed E-state index contributed by atoms with van der Waals surface area (Å²) in [5, 5.41) is 3.40. The summed E-state index contributed by atoms with van der Waals surface area (Å²) in [4.78, 5) is 14.1. The summed E-state index contributed by atoms with van der Waals surface area (Å²) in [7, 11) is 0. The molecule has 0 bridgehead atoms. The number of rotatable bonds is 3. The average molecular weight is 238 g/mol. The fourth-order valence-corrected chi connectivity index (χ4v) is 2.40. The van der Waals surface area contributed by atoms with Crippen molar-refractivity contribution in [3.63, 3.8) is 0 Å². The molecule has 0 saturated carbocycles. The van der Waals surface area contributed by atoms with Crippen molar-refractivity contribution in [2.45, 2.75) is 38.3 Å². The van der Waals surface area contributed by atoms with Gasteiger partial charge in [0.2, 0.25) is 5.91 Å². The fraction of sp³-hybridized carbons (Fsp3) is 0.769. The van der Waals surface area contributed by atoms with Crippen LogP contribution >= 0.6 is 0 Å². The van der Waals surface area contributed by atoms with Gasteiger partial charge in [-0.05, 0) is 26.2 Å². The van der Waals surface area contributed by atoms with Gasteiger partial charge in [0.1, 0.15) is 0 Å². The van der Waals surface area contributed by atoms with Gasteiger partial charge < -0.3 is 9.64 Å². The summed E-state index contributed by atoms with van der Waals surface area (Å²) < 4.78 is 5.25. The van der Waals surface area contributed by atoms with E-state index in [0.29, 0.717) is 19.3 Å². The first kappa shape index (κ1) is 12.6. The molecule has 4 nitrogen and oxygen atoms in total. The monoisotopic (exact) mass is 238 g/mol. The Morgan fingerprint density at radius 3 is 2.88 bits per heavy atom. The Balaban J connectivity index is 1.81. The maximum atomic E-state index is 12.2. The van der Waals surface area contributed by atoms with Crippen LogP contribution in [-0.2, 0) is 9.53 Å². The summed E-state index contributed by atoms with van der Waals surface area (Å²) in [6.07, 6.45) is 7.91. The van der Waals surface area contributed by atoms with Crippen molar-refractivity contribution in [1.82, 2.24) is 10.2 Å². The molecule has 1 heterocycles. The maximum Gasteiger partial charge on any atom is 0.239 e. The molecule has 0 radical (unpaired) electrons. The van der Waals surface area contributed by atoms with E-state index in [2.05, 4.69) is 17.5 Å². The third-order valence-electron chi connectivity index (χ3n) is 3.41. The van der Waals surface area contributed by atoms with E-state index < -0.39 is 0 Å². The molecule has 0 spiro atoms. The van der Waals surface area contributed by atoms with E-state index in [1.54, 1.807) is 0 Å². The SMILES string of the molecule is CC(NC1C=CCCC1)C(=O)N1CCOCC1. The molecule has 4 heteroatoms. The van der Waals surface area contributed by atoms with Crippen molar-refractivity contribution in [3.8, 4) is 0 Å². The van der Waals surface area contributed by atoms with Crippen molar-refractivity contribution in [2.75, 3.05) is 26.3 Å². The third kappa shape index (κ3) is 3.54. The zero-order valence-corrected chi connectivity index (χ0v) is 10.5. The number of nitrogens with one attached hydrogen (secondary N) is 1. The van der Waals surface area contributed by atoms with Crippen molar-refractivity contribution < 1.29 is 9.53 Å². The van der Waals surface area contributed by atoms with Gasteiger partial charge in [0.25, 0.3) is 0 Å². The molecular formula is C13H22N2O2. The van der Waals surface area contributed by atoms with Gasteiger partial charge in [-0.25, -0.2) is 0 Å². The van der Waals surface area contributed by atoms with Crippen LogP contribution in [0.2, 0.25) is 0 Å². The van der Waals surface area contributed by atoms with E-state index in [-0.39, 0.29) is 11.9 Å². The minimum Gasteiger partial charge on any atom is -0.378 e. The standard InChI is InChI=1S/C13H22N2O2/c1-11(14-12-5-3-2-4-6-12)13(16)15-7-9-17-10-8-15/h3,5,11-12,14H,2,4,6-10H2,1H3. The number of hydrogen-bond acceptors (Lipinski definition) is 3. The first-order chi connectivity index (χ1) is 8.27. The summed E-state index contributed by atoms with van der Waals surface area (Å²) in [6.45, 7) is 4.75. The first-order valence-corrected chi connectivity index (χ1v) is 6.56. The Kier molecular flexibility index (Phi) is 4.57. The molecule has 0 aromatic heterocycles. The molecule has 1 fully saturated rings. The van der Waals surface area contributed by atoms with Crippen molar-refractivity contribution in [1.29, 1.82) is 0 Å². The van der Waals surface area contributed by atoms with E-state index in [1.807, 2.05) is 11.8 Å². The number of ether oxygens (including phenoxy) is 1. The molecule has 1 saturated heterocycles. The van der Waals surface area contributed by atoms with Crippen LogP contribution in [0.4, 0.5) is 0 Å². The third-order valence-corrected chi connectivity index (χ3v) is 3.41. The molecule has 0 aromatic rings. The number of hydrogen-bond donors (Lipinski definition) is 1. The number of morpholine rings is 1. The molecule has 0 aromatic carbocycles. The average Bonchev–Trinajstić information content (AvgIpc) is 2.40. The van der Waals surface area contributed by atoms with Crippen LogP contribution in [0.3, 0.4) is 0 Å². The number of carbonyl (C=O) groups is 1. The molecule has 2 unspecified atom stereocenters. The van der Waals surface area contributed by atoms with Crippen LogP contribution in [0.25, 0.3) is 0 Å². The highest BCUT2D eigenvalue weighted by atomic mass is 16.5. The van der Waals surface area contributed by atoms with Gasteiger partial charge in [-0.1, -0.05) is 12.2 Å². The van der Waals surface area contributed by atoms with Crippen LogP contribution in [0, 0.1) is 0 Å². The highest BCUT2D eigenvalue weighted by molar-refractivity contribution is 5.81. The zero-order chi connectivity index (χ0) is 12.1. The smallest absolute Gasteiger partial charge is 0.239 e. The van der Waals surface area contributed by atoms with Crippen LogP contribution in [0.5, 0.6) is 0 Å². The second-order valence-electron chi connectivity index (χ2n) is 4.79. The van der Waals surface area contributed by atoms with Gasteiger partial charge in [0, 0.05) is 19.1 Å². The van der Waals surface area contributed by atoms with Crippen LogP contribution in [-0.4, -0.2) is 49.2 Å². The summed E-state index contributed by atoms with van der Waals surface area (Å²) >= 11 is 0. The van der Waals surface area contributed by atoms with Gasteiger partial charge in [0.05, 0.1) is 19.3 Å². The Hall–Kier alpha value is -0.870. The topological polar surface area (TPSA) is 41.6 Å². The van der Waals surface area contributed by atoms with Crippen molar-refractivity contribution in [3.05, 3.63) is 12.2 Å². The van der Waals surface area contributed by atoms with Gasteiger partial charge in [-0.2, -0.15) is 0 Å². The minimum absolute atomic E-state index is 0.0964. The molecule has 96 valence electrons. The lowest BCUT2D eigenvalue weighted by molar-refractivity contribution is -0.137. The Morgan fingerprint density at radius 2 is 2.24 bits per heavy atom. The highest BCUT2D eigenvalue weighted by Gasteiger charge is 2.23. The highest BCUT2D eigenvalue weighted by Crippen LogP contribution is 2.11. The lowest BCUT2D eigenvalue weighted by Gasteiger charge is -2.31. The van der Waals surface area contributed by atoms with Gasteiger partial charge in [0.15, 0.2) is 0 Å². The largest absolute Gasteiger partial charge is 0.378 e. The van der Waals surface area contributed by atoms with Crippen LogP contribution in [0.1, 0.15) is 26.2 Å². The number of nitrogens with zero attached hydrogens (tertiary/aromatic N) is 1. The molecule has 1 aliphatic heterocycles. The summed E-state index contributed by atoms with van der Waals surface area (Å²) in [5.74, 6) is 0.201. The van der Waals surface area contributed by atoms with E-state index in [0.717, 1.165) is 19.5 Å². The number of carbonyl (C=O) groups excluding carboxylic acids is 1. The molecule has 17 heavy (non-hydrogen) atoms. The van der Waals surface area contributed by atoms with Crippen LogP contribution in [0.15, 0.2) is 12.2 Å². The molecule has 2 aliphatic rings. The van der Waals surface area contributed by atoms with Crippen LogP contribution < -0.4 is 5.32 Å². The number of allylic oxidation sites excluding steroid dienone is 1. The normalized spacial score (nSPS) is 26.9. The lowest BCUT2D eigenvalue weighted by atomic mass is 10.0. The second kappa shape index (κ2) is 6.17. The van der Waals surface area contributed by atoms with Gasteiger partial charge in [-0.15, -0.1) is 0 Å². The molecule has 2 rings (SSSR count). The van der Waals surface area contributed by atoms with Crippen molar-refractivity contribution in [2.24, 2.45) is 0 Å². The predicted molar refractivity (Wildman–Crippen MR) is 66.8 cm³/mol. The Labute approximate surface area is 103 Å². The zero-order valence-electron chi connectivity index (χ0n) is 10.5. The Morgan fingerprint density at radius 1 is 1.47 bits per heavy atom. The quantitative estimate of drug-likeness (QED) is 0.744. The maximum absolute atomic E-state index is 12.2. The van der Waals surface area contributed by atoms with Gasteiger partial charge in [-0.3, -0.25) is 10.1 Å². The molecule has 1 amide bonds. The molecular weight excluding hydrogens is 216 g/mol. The van der Waals surface area contributed by atoms with Crippen molar-refractivity contribution >= 4 is 5.91 Å². The fourth-order valence-electron chi connectivity index (χ4n) is 2.40. The second-order valence-corrected chi connectivity index (χ2v) is 4.79. The predicted octanol–water partition coefficient (Wildman–Crippen LogP) is 0.932. The molecule has 1 N–H and O–H groups in total.